The standard InChI is InChI=1S/C18H17N3O2S/c1-2-13-5-7-15(8-6-13)23-11-17(22)21-18-20-16(12-24-18)14-4-3-9-19-10-14/h3-10,12H,2,11H2,1H3,(H,20,21,22). The number of pyridine rings is 1. The summed E-state index contributed by atoms with van der Waals surface area (Å²) in [5.41, 5.74) is 2.94. The number of aryl methyl sites for hydroxylation is 1. The number of nitrogens with one attached hydrogen (secondary N) is 1. The maximum Gasteiger partial charge on any atom is 0.264 e. The van der Waals surface area contributed by atoms with Gasteiger partial charge in [-0.1, -0.05) is 19.1 Å². The minimum Gasteiger partial charge on any atom is -0.484 e. The van der Waals surface area contributed by atoms with Crippen molar-refractivity contribution in [2.24, 2.45) is 0 Å². The molecule has 3 rings (SSSR count). The quantitative estimate of drug-likeness (QED) is 0.742. The predicted molar refractivity (Wildman–Crippen MR) is 95.3 cm³/mol. The number of hydrogen-bond acceptors (Lipinski definition) is 5. The van der Waals surface area contributed by atoms with Crippen molar-refractivity contribution in [3.05, 3.63) is 59.7 Å². The van der Waals surface area contributed by atoms with Gasteiger partial charge in [-0.2, -0.15) is 0 Å². The third-order valence-corrected chi connectivity index (χ3v) is 4.17. The molecule has 6 heteroatoms. The van der Waals surface area contributed by atoms with E-state index in [-0.39, 0.29) is 12.5 Å². The molecule has 0 aliphatic carbocycles. The maximum absolute atomic E-state index is 12.0. The number of hydrogen-bond donors (Lipinski definition) is 1. The molecular formula is C18H17N3O2S. The van der Waals surface area contributed by atoms with Gasteiger partial charge in [-0.3, -0.25) is 15.1 Å². The molecule has 0 spiro atoms. The van der Waals surface area contributed by atoms with E-state index in [0.29, 0.717) is 10.9 Å². The molecule has 1 aromatic carbocycles. The molecular weight excluding hydrogens is 322 g/mol. The van der Waals surface area contributed by atoms with Gasteiger partial charge >= 0.3 is 0 Å². The van der Waals surface area contributed by atoms with Crippen LogP contribution in [-0.2, 0) is 11.2 Å². The van der Waals surface area contributed by atoms with Crippen molar-refractivity contribution in [1.29, 1.82) is 0 Å². The summed E-state index contributed by atoms with van der Waals surface area (Å²) in [6.07, 6.45) is 4.43. The predicted octanol–water partition coefficient (Wildman–Crippen LogP) is 3.79. The fraction of sp³-hybridized carbons (Fsp3) is 0.167. The van der Waals surface area contributed by atoms with E-state index in [4.69, 9.17) is 4.74 Å². The Morgan fingerprint density at radius 1 is 1.25 bits per heavy atom. The monoisotopic (exact) mass is 339 g/mol. The van der Waals surface area contributed by atoms with Gasteiger partial charge in [0, 0.05) is 23.3 Å². The van der Waals surface area contributed by atoms with Gasteiger partial charge < -0.3 is 4.74 Å². The summed E-state index contributed by atoms with van der Waals surface area (Å²) in [7, 11) is 0. The topological polar surface area (TPSA) is 64.1 Å². The highest BCUT2D eigenvalue weighted by Crippen LogP contribution is 2.24. The number of thiazole rings is 1. The highest BCUT2D eigenvalue weighted by molar-refractivity contribution is 7.14. The van der Waals surface area contributed by atoms with Crippen molar-refractivity contribution in [2.75, 3.05) is 11.9 Å². The van der Waals surface area contributed by atoms with E-state index in [1.54, 1.807) is 12.4 Å². The lowest BCUT2D eigenvalue weighted by atomic mass is 10.2. The molecule has 0 bridgehead atoms. The summed E-state index contributed by atoms with van der Waals surface area (Å²) >= 11 is 1.37. The lowest BCUT2D eigenvalue weighted by Gasteiger charge is -2.06. The van der Waals surface area contributed by atoms with Gasteiger partial charge in [-0.15, -0.1) is 11.3 Å². The number of carbonyl (C=O) groups is 1. The number of ether oxygens (including phenoxy) is 1. The van der Waals surface area contributed by atoms with E-state index in [1.165, 1.54) is 16.9 Å². The molecule has 2 heterocycles. The molecule has 0 aliphatic heterocycles. The second-order valence-electron chi connectivity index (χ2n) is 5.11. The maximum atomic E-state index is 12.0. The van der Waals surface area contributed by atoms with Crippen LogP contribution in [0, 0.1) is 0 Å². The van der Waals surface area contributed by atoms with Crippen molar-refractivity contribution in [2.45, 2.75) is 13.3 Å². The van der Waals surface area contributed by atoms with Crippen LogP contribution in [-0.4, -0.2) is 22.5 Å². The van der Waals surface area contributed by atoms with Gasteiger partial charge in [-0.05, 0) is 36.2 Å². The van der Waals surface area contributed by atoms with Crippen LogP contribution < -0.4 is 10.1 Å². The Bertz CT molecular complexity index is 801. The summed E-state index contributed by atoms with van der Waals surface area (Å²) in [6.45, 7) is 2.05. The Kier molecular flexibility index (Phi) is 5.18. The minimum atomic E-state index is -0.235. The van der Waals surface area contributed by atoms with Crippen LogP contribution in [0.15, 0.2) is 54.2 Å². The first-order chi connectivity index (χ1) is 11.7. The van der Waals surface area contributed by atoms with Crippen molar-refractivity contribution < 1.29 is 9.53 Å². The number of amides is 1. The van der Waals surface area contributed by atoms with Crippen molar-refractivity contribution >= 4 is 22.4 Å². The summed E-state index contributed by atoms with van der Waals surface area (Å²) in [4.78, 5) is 20.4. The fourth-order valence-corrected chi connectivity index (χ4v) is 2.84. The smallest absolute Gasteiger partial charge is 0.264 e. The Hall–Kier alpha value is -2.73. The highest BCUT2D eigenvalue weighted by atomic mass is 32.1. The van der Waals surface area contributed by atoms with Gasteiger partial charge in [0.2, 0.25) is 0 Å². The normalized spacial score (nSPS) is 10.4. The van der Waals surface area contributed by atoms with Gasteiger partial charge in [0.15, 0.2) is 11.7 Å². The van der Waals surface area contributed by atoms with Crippen LogP contribution in [0.1, 0.15) is 12.5 Å². The molecule has 3 aromatic rings. The lowest BCUT2D eigenvalue weighted by molar-refractivity contribution is -0.118. The second-order valence-corrected chi connectivity index (χ2v) is 5.97. The van der Waals surface area contributed by atoms with Crippen LogP contribution in [0.25, 0.3) is 11.3 Å². The number of rotatable bonds is 6. The van der Waals surface area contributed by atoms with E-state index in [0.717, 1.165) is 17.7 Å². The average Bonchev–Trinajstić information content (AvgIpc) is 3.09. The Labute approximate surface area is 144 Å². The van der Waals surface area contributed by atoms with E-state index >= 15 is 0 Å². The molecule has 2 aromatic heterocycles. The molecule has 0 saturated heterocycles. The second kappa shape index (κ2) is 7.70. The third-order valence-electron chi connectivity index (χ3n) is 3.41. The number of anilines is 1. The summed E-state index contributed by atoms with van der Waals surface area (Å²) < 4.78 is 5.49. The minimum absolute atomic E-state index is 0.0483. The molecule has 1 amide bonds. The van der Waals surface area contributed by atoms with Crippen molar-refractivity contribution in [3.8, 4) is 17.0 Å². The van der Waals surface area contributed by atoms with E-state index in [2.05, 4.69) is 22.2 Å². The zero-order chi connectivity index (χ0) is 16.8. The number of nitrogens with zero attached hydrogens (tertiary/aromatic N) is 2. The molecule has 0 atom stereocenters. The van der Waals surface area contributed by atoms with Crippen LogP contribution in [0.4, 0.5) is 5.13 Å². The van der Waals surface area contributed by atoms with E-state index in [9.17, 15) is 4.79 Å². The zero-order valence-electron chi connectivity index (χ0n) is 13.2. The van der Waals surface area contributed by atoms with Crippen LogP contribution in [0.3, 0.4) is 0 Å². The van der Waals surface area contributed by atoms with Crippen LogP contribution in [0.5, 0.6) is 5.75 Å². The largest absolute Gasteiger partial charge is 0.484 e. The van der Waals surface area contributed by atoms with Gasteiger partial charge in [0.25, 0.3) is 5.91 Å². The SMILES string of the molecule is CCc1ccc(OCC(=O)Nc2nc(-c3cccnc3)cs2)cc1. The highest BCUT2D eigenvalue weighted by Gasteiger charge is 2.09. The van der Waals surface area contributed by atoms with E-state index < -0.39 is 0 Å². The molecule has 1 N–H and O–H groups in total. The Morgan fingerprint density at radius 2 is 2.08 bits per heavy atom. The van der Waals surface area contributed by atoms with Gasteiger partial charge in [-0.25, -0.2) is 4.98 Å². The molecule has 5 nitrogen and oxygen atoms in total. The van der Waals surface area contributed by atoms with Crippen molar-refractivity contribution in [1.82, 2.24) is 9.97 Å². The van der Waals surface area contributed by atoms with Crippen LogP contribution in [0.2, 0.25) is 0 Å². The summed E-state index contributed by atoms with van der Waals surface area (Å²) in [6, 6.07) is 11.5. The number of aromatic nitrogens is 2. The first-order valence-corrected chi connectivity index (χ1v) is 8.50. The lowest BCUT2D eigenvalue weighted by Crippen LogP contribution is -2.20. The summed E-state index contributed by atoms with van der Waals surface area (Å²) in [5.74, 6) is 0.444. The molecule has 0 unspecified atom stereocenters. The van der Waals surface area contributed by atoms with Crippen LogP contribution >= 0.6 is 11.3 Å². The van der Waals surface area contributed by atoms with Gasteiger partial charge in [0.05, 0.1) is 5.69 Å². The molecule has 0 saturated carbocycles. The summed E-state index contributed by atoms with van der Waals surface area (Å²) in [5, 5.41) is 5.18. The first-order valence-electron chi connectivity index (χ1n) is 7.62. The average molecular weight is 339 g/mol. The zero-order valence-corrected chi connectivity index (χ0v) is 14.0. The van der Waals surface area contributed by atoms with Crippen molar-refractivity contribution in [3.63, 3.8) is 0 Å². The Balaban J connectivity index is 1.54. The van der Waals surface area contributed by atoms with Gasteiger partial charge in [0.1, 0.15) is 5.75 Å². The molecule has 122 valence electrons. The molecule has 24 heavy (non-hydrogen) atoms. The molecule has 0 radical (unpaired) electrons. The molecule has 0 aliphatic rings. The number of carbonyl (C=O) groups excluding carboxylic acids is 1. The molecule has 0 fully saturated rings. The Morgan fingerprint density at radius 3 is 2.79 bits per heavy atom. The number of benzene rings is 1. The third kappa shape index (κ3) is 4.17. The fourth-order valence-electron chi connectivity index (χ4n) is 2.10. The van der Waals surface area contributed by atoms with E-state index in [1.807, 2.05) is 41.8 Å². The first kappa shape index (κ1) is 16.1.